The predicted octanol–water partition coefficient (Wildman–Crippen LogP) is 1.30. The molecule has 3 atom stereocenters. The third-order valence-electron chi connectivity index (χ3n) is 5.81. The fourth-order valence-electron chi connectivity index (χ4n) is 3.82. The number of nitrogens with two attached hydrogens (primary N) is 1. The van der Waals surface area contributed by atoms with Crippen LogP contribution in [-0.2, 0) is 16.6 Å². The third-order valence-corrected chi connectivity index (χ3v) is 5.81. The highest BCUT2D eigenvalue weighted by Gasteiger charge is 2.44. The number of dihydropyridines is 1. The number of allylic oxidation sites excluding steroid dienone is 1. The van der Waals surface area contributed by atoms with E-state index in [-0.39, 0.29) is 19.1 Å². The first-order chi connectivity index (χ1) is 14.3. The zero-order valence-corrected chi connectivity index (χ0v) is 17.5. The van der Waals surface area contributed by atoms with E-state index in [0.29, 0.717) is 11.5 Å². The third kappa shape index (κ3) is 5.54. The van der Waals surface area contributed by atoms with Crippen molar-refractivity contribution in [3.8, 4) is 5.75 Å². The quantitative estimate of drug-likeness (QED) is 0.470. The number of hydrogen-bond acceptors (Lipinski definition) is 7. The van der Waals surface area contributed by atoms with Gasteiger partial charge in [0.05, 0.1) is 30.6 Å². The van der Waals surface area contributed by atoms with Crippen molar-refractivity contribution < 1.29 is 24.5 Å². The maximum absolute atomic E-state index is 11.9. The SMILES string of the molecule is CC1CCC(OC2=CC(C[C@](O)(C(=O)O)[C@@H](N)COc3cnn(C)c3)NC=C2)CC1. The van der Waals surface area contributed by atoms with Crippen molar-refractivity contribution >= 4 is 5.97 Å². The Balaban J connectivity index is 1.60. The molecule has 1 aromatic rings. The molecule has 5 N–H and O–H groups in total. The minimum Gasteiger partial charge on any atom is -0.491 e. The second kappa shape index (κ2) is 9.53. The van der Waals surface area contributed by atoms with Gasteiger partial charge in [-0.1, -0.05) is 6.92 Å². The van der Waals surface area contributed by atoms with Crippen LogP contribution in [0.4, 0.5) is 0 Å². The monoisotopic (exact) mass is 420 g/mol. The van der Waals surface area contributed by atoms with Crippen LogP contribution in [0, 0.1) is 5.92 Å². The van der Waals surface area contributed by atoms with Gasteiger partial charge in [-0.25, -0.2) is 4.79 Å². The second-order valence-corrected chi connectivity index (χ2v) is 8.38. The van der Waals surface area contributed by atoms with E-state index in [1.807, 2.05) is 6.08 Å². The highest BCUT2D eigenvalue weighted by molar-refractivity contribution is 5.78. The van der Waals surface area contributed by atoms with Crippen LogP contribution in [0.1, 0.15) is 39.0 Å². The molecule has 166 valence electrons. The number of aryl methyl sites for hydroxylation is 1. The number of aliphatic hydroxyl groups is 1. The molecule has 1 aromatic heterocycles. The van der Waals surface area contributed by atoms with Gasteiger partial charge in [-0.15, -0.1) is 0 Å². The average molecular weight is 421 g/mol. The van der Waals surface area contributed by atoms with Crippen molar-refractivity contribution in [2.45, 2.75) is 62.8 Å². The van der Waals surface area contributed by atoms with Gasteiger partial charge in [-0.2, -0.15) is 5.10 Å². The van der Waals surface area contributed by atoms with E-state index >= 15 is 0 Å². The molecule has 1 fully saturated rings. The first kappa shape index (κ1) is 22.2. The van der Waals surface area contributed by atoms with Crippen LogP contribution in [-0.4, -0.2) is 56.4 Å². The van der Waals surface area contributed by atoms with Crippen LogP contribution < -0.4 is 15.8 Å². The maximum atomic E-state index is 11.9. The van der Waals surface area contributed by atoms with E-state index in [4.69, 9.17) is 15.2 Å². The number of rotatable bonds is 9. The molecule has 0 bridgehead atoms. The highest BCUT2D eigenvalue weighted by Crippen LogP contribution is 2.28. The molecule has 3 rings (SSSR count). The van der Waals surface area contributed by atoms with Crippen molar-refractivity contribution in [2.75, 3.05) is 6.61 Å². The molecule has 0 amide bonds. The standard InChI is InChI=1S/C21H32N4O5/c1-14-3-5-16(6-4-14)30-17-7-8-23-15(9-17)10-21(28,20(26)27)19(22)13-29-18-11-24-25(2)12-18/h7-9,11-12,14-16,19,23,28H,3-6,10,13,22H2,1-2H3,(H,26,27)/t14?,15?,16?,19-,21+/m0/s1. The fraction of sp³-hybridized carbons (Fsp3) is 0.619. The normalized spacial score (nSPS) is 26.8. The molecule has 30 heavy (non-hydrogen) atoms. The van der Waals surface area contributed by atoms with Crippen molar-refractivity contribution in [2.24, 2.45) is 18.7 Å². The lowest BCUT2D eigenvalue weighted by molar-refractivity contribution is -0.163. The van der Waals surface area contributed by atoms with Crippen LogP contribution in [0.15, 0.2) is 36.5 Å². The number of carboxylic acids is 1. The molecule has 2 heterocycles. The molecule has 9 heteroatoms. The maximum Gasteiger partial charge on any atom is 0.337 e. The van der Waals surface area contributed by atoms with Crippen LogP contribution in [0.25, 0.3) is 0 Å². The summed E-state index contributed by atoms with van der Waals surface area (Å²) in [7, 11) is 1.74. The highest BCUT2D eigenvalue weighted by atomic mass is 16.5. The van der Waals surface area contributed by atoms with Crippen LogP contribution >= 0.6 is 0 Å². The summed E-state index contributed by atoms with van der Waals surface area (Å²) in [6.07, 6.45) is 12.8. The summed E-state index contributed by atoms with van der Waals surface area (Å²) < 4.78 is 13.1. The number of nitrogens with zero attached hydrogens (tertiary/aromatic N) is 2. The number of ether oxygens (including phenoxy) is 2. The summed E-state index contributed by atoms with van der Waals surface area (Å²) in [5, 5.41) is 27.6. The fourth-order valence-corrected chi connectivity index (χ4v) is 3.82. The van der Waals surface area contributed by atoms with Crippen LogP contribution in [0.2, 0.25) is 0 Å². The van der Waals surface area contributed by atoms with Gasteiger partial charge >= 0.3 is 5.97 Å². The van der Waals surface area contributed by atoms with Gasteiger partial charge in [0, 0.05) is 19.7 Å². The Morgan fingerprint density at radius 1 is 1.43 bits per heavy atom. The number of aromatic nitrogens is 2. The number of aliphatic carboxylic acids is 1. The van der Waals surface area contributed by atoms with Crippen LogP contribution in [0.5, 0.6) is 5.75 Å². The Hall–Kier alpha value is -2.52. The lowest BCUT2D eigenvalue weighted by Crippen LogP contribution is -2.59. The topological polar surface area (TPSA) is 132 Å². The predicted molar refractivity (Wildman–Crippen MR) is 111 cm³/mol. The summed E-state index contributed by atoms with van der Waals surface area (Å²) >= 11 is 0. The van der Waals surface area contributed by atoms with Crippen molar-refractivity contribution in [1.29, 1.82) is 0 Å². The smallest absolute Gasteiger partial charge is 0.337 e. The van der Waals surface area contributed by atoms with Gasteiger partial charge in [0.25, 0.3) is 0 Å². The zero-order chi connectivity index (χ0) is 21.7. The van der Waals surface area contributed by atoms with Crippen molar-refractivity contribution in [1.82, 2.24) is 15.1 Å². The minimum absolute atomic E-state index is 0.126. The molecular formula is C21H32N4O5. The number of hydrogen-bond donors (Lipinski definition) is 4. The van der Waals surface area contributed by atoms with E-state index in [1.165, 1.54) is 6.20 Å². The van der Waals surface area contributed by atoms with Crippen LogP contribution in [0.3, 0.4) is 0 Å². The van der Waals surface area contributed by atoms with Gasteiger partial charge in [-0.05, 0) is 43.8 Å². The molecule has 1 saturated carbocycles. The Morgan fingerprint density at radius 2 is 2.17 bits per heavy atom. The van der Waals surface area contributed by atoms with E-state index in [0.717, 1.165) is 31.6 Å². The molecule has 1 aliphatic carbocycles. The van der Waals surface area contributed by atoms with E-state index in [1.54, 1.807) is 30.2 Å². The number of nitrogens with one attached hydrogen (secondary N) is 1. The Morgan fingerprint density at radius 3 is 2.80 bits per heavy atom. The lowest BCUT2D eigenvalue weighted by atomic mass is 9.87. The lowest BCUT2D eigenvalue weighted by Gasteiger charge is -2.33. The molecule has 2 aliphatic rings. The molecule has 0 aromatic carbocycles. The van der Waals surface area contributed by atoms with E-state index in [9.17, 15) is 15.0 Å². The molecule has 0 saturated heterocycles. The minimum atomic E-state index is -2.17. The average Bonchev–Trinajstić information content (AvgIpc) is 3.13. The van der Waals surface area contributed by atoms with E-state index < -0.39 is 23.7 Å². The second-order valence-electron chi connectivity index (χ2n) is 8.38. The van der Waals surface area contributed by atoms with Crippen molar-refractivity contribution in [3.63, 3.8) is 0 Å². The first-order valence-electron chi connectivity index (χ1n) is 10.4. The number of carbonyl (C=O) groups is 1. The molecule has 1 aliphatic heterocycles. The Labute approximate surface area is 176 Å². The molecule has 9 nitrogen and oxygen atoms in total. The number of carboxylic acid groups (broad SMARTS) is 1. The summed E-state index contributed by atoms with van der Waals surface area (Å²) in [5.41, 5.74) is 3.87. The molecule has 0 spiro atoms. The van der Waals surface area contributed by atoms with Gasteiger partial charge in [-0.3, -0.25) is 4.68 Å². The van der Waals surface area contributed by atoms with Gasteiger partial charge in [0.2, 0.25) is 0 Å². The Bertz CT molecular complexity index is 784. The zero-order valence-electron chi connectivity index (χ0n) is 17.5. The largest absolute Gasteiger partial charge is 0.491 e. The van der Waals surface area contributed by atoms with Gasteiger partial charge < -0.3 is 30.7 Å². The van der Waals surface area contributed by atoms with E-state index in [2.05, 4.69) is 17.3 Å². The van der Waals surface area contributed by atoms with Gasteiger partial charge in [0.15, 0.2) is 11.4 Å². The van der Waals surface area contributed by atoms with Gasteiger partial charge in [0.1, 0.15) is 12.4 Å². The first-order valence-corrected chi connectivity index (χ1v) is 10.4. The molecule has 0 radical (unpaired) electrons. The molecule has 1 unspecified atom stereocenters. The Kier molecular flexibility index (Phi) is 7.04. The molecular weight excluding hydrogens is 388 g/mol. The van der Waals surface area contributed by atoms with Crippen molar-refractivity contribution in [3.05, 3.63) is 36.5 Å². The summed E-state index contributed by atoms with van der Waals surface area (Å²) in [5.74, 6) is 0.484. The summed E-state index contributed by atoms with van der Waals surface area (Å²) in [6, 6.07) is -1.57. The summed E-state index contributed by atoms with van der Waals surface area (Å²) in [6.45, 7) is 2.09. The summed E-state index contributed by atoms with van der Waals surface area (Å²) in [4.78, 5) is 11.9.